The molecule has 0 heterocycles. The summed E-state index contributed by atoms with van der Waals surface area (Å²) in [5.41, 5.74) is 1.24. The van der Waals surface area contributed by atoms with Gasteiger partial charge in [0.2, 0.25) is 0 Å². The molecule has 0 fully saturated rings. The third kappa shape index (κ3) is 3.04. The van der Waals surface area contributed by atoms with Crippen LogP contribution in [0.15, 0.2) is 97.6 Å². The van der Waals surface area contributed by atoms with Crippen molar-refractivity contribution in [3.8, 4) is 0 Å². The molecular weight excluding hydrogens is 268 g/mol. The molecule has 0 nitrogen and oxygen atoms in total. The molecule has 0 bridgehead atoms. The Labute approximate surface area is 128 Å². The number of benzene rings is 3. The molecule has 0 aromatic heterocycles. The van der Waals surface area contributed by atoms with Crippen LogP contribution in [0.3, 0.4) is 0 Å². The Morgan fingerprint density at radius 2 is 0.952 bits per heavy atom. The fraction of sp³-hybridized carbons (Fsp3) is 0. The van der Waals surface area contributed by atoms with Crippen LogP contribution in [0, 0.1) is 0 Å². The smallest absolute Gasteiger partial charge is 0.0986 e. The van der Waals surface area contributed by atoms with Crippen LogP contribution in [0.4, 0.5) is 0 Å². The van der Waals surface area contributed by atoms with Crippen molar-refractivity contribution >= 4 is 24.4 Å². The van der Waals surface area contributed by atoms with Gasteiger partial charge in [0.1, 0.15) is 0 Å². The lowest BCUT2D eigenvalue weighted by atomic mass is 10.2. The topological polar surface area (TPSA) is 0 Å². The number of hydrogen-bond donors (Lipinski definition) is 0. The van der Waals surface area contributed by atoms with E-state index in [2.05, 4.69) is 91.5 Å². The van der Waals surface area contributed by atoms with E-state index in [1.807, 2.05) is 6.07 Å². The predicted octanol–water partition coefficient (Wildman–Crippen LogP) is 3.55. The van der Waals surface area contributed by atoms with E-state index in [4.69, 9.17) is 0 Å². The van der Waals surface area contributed by atoms with E-state index in [-0.39, 0.29) is 0 Å². The van der Waals surface area contributed by atoms with Gasteiger partial charge in [-0.15, -0.1) is 0 Å². The molecule has 101 valence electrons. The first-order valence-corrected chi connectivity index (χ1v) is 8.59. The van der Waals surface area contributed by atoms with Crippen LogP contribution in [0.2, 0.25) is 0 Å². The molecule has 3 aromatic rings. The molecular formula is C20H17Si. The molecule has 0 aliphatic heterocycles. The Bertz CT molecular complexity index is 663. The first-order valence-electron chi connectivity index (χ1n) is 7.09. The zero-order valence-electron chi connectivity index (χ0n) is 11.9. The summed E-state index contributed by atoms with van der Waals surface area (Å²) in [6.45, 7) is 4.42. The molecule has 0 saturated carbocycles. The summed E-state index contributed by atoms with van der Waals surface area (Å²) in [6, 6.07) is 32.0. The van der Waals surface area contributed by atoms with E-state index in [9.17, 15) is 0 Å². The van der Waals surface area contributed by atoms with Gasteiger partial charge >= 0.3 is 0 Å². The Balaban J connectivity index is 2.07. The van der Waals surface area contributed by atoms with Gasteiger partial charge in [-0.2, -0.15) is 0 Å². The zero-order valence-corrected chi connectivity index (χ0v) is 12.9. The van der Waals surface area contributed by atoms with Crippen molar-refractivity contribution < 1.29 is 0 Å². The van der Waals surface area contributed by atoms with Gasteiger partial charge in [0.05, 0.1) is 0 Å². The highest BCUT2D eigenvalue weighted by molar-refractivity contribution is 6.99. The second-order valence-corrected chi connectivity index (χ2v) is 7.46. The van der Waals surface area contributed by atoms with Crippen LogP contribution in [0.5, 0.6) is 0 Å². The normalized spacial score (nSPS) is 10.5. The molecule has 1 radical (unpaired) electrons. The summed E-state index contributed by atoms with van der Waals surface area (Å²) in [6.07, 6.45) is 0. The third-order valence-corrected chi connectivity index (χ3v) is 6.26. The molecule has 3 aromatic carbocycles. The SMILES string of the molecule is C=C(c1ccccc1)[Si](c1ccccc1)c1ccccc1. The summed E-state index contributed by atoms with van der Waals surface area (Å²) in [7, 11) is -1.02. The van der Waals surface area contributed by atoms with E-state index in [0.717, 1.165) is 0 Å². The van der Waals surface area contributed by atoms with Crippen molar-refractivity contribution in [3.05, 3.63) is 103 Å². The number of hydrogen-bond acceptors (Lipinski definition) is 0. The molecule has 0 atom stereocenters. The average Bonchev–Trinajstić information content (AvgIpc) is 2.58. The first-order chi connectivity index (χ1) is 10.4. The average molecular weight is 285 g/mol. The van der Waals surface area contributed by atoms with Gasteiger partial charge in [0, 0.05) is 0 Å². The Hall–Kier alpha value is -2.38. The van der Waals surface area contributed by atoms with Crippen LogP contribution in [-0.2, 0) is 0 Å². The van der Waals surface area contributed by atoms with Gasteiger partial charge in [0.15, 0.2) is 8.80 Å². The maximum atomic E-state index is 4.42. The van der Waals surface area contributed by atoms with E-state index in [0.29, 0.717) is 0 Å². The highest BCUT2D eigenvalue weighted by atomic mass is 28.3. The Morgan fingerprint density at radius 3 is 1.38 bits per heavy atom. The monoisotopic (exact) mass is 285 g/mol. The van der Waals surface area contributed by atoms with E-state index in [1.165, 1.54) is 21.1 Å². The summed E-state index contributed by atoms with van der Waals surface area (Å²) in [5.74, 6) is 0. The van der Waals surface area contributed by atoms with Gasteiger partial charge in [0.25, 0.3) is 0 Å². The highest BCUT2D eigenvalue weighted by Gasteiger charge is 2.21. The Morgan fingerprint density at radius 1 is 0.571 bits per heavy atom. The fourth-order valence-corrected chi connectivity index (χ4v) is 5.05. The van der Waals surface area contributed by atoms with E-state index < -0.39 is 8.80 Å². The van der Waals surface area contributed by atoms with Crippen LogP contribution in [0.25, 0.3) is 5.20 Å². The summed E-state index contributed by atoms with van der Waals surface area (Å²) in [5, 5.41) is 3.99. The van der Waals surface area contributed by atoms with Crippen molar-refractivity contribution in [2.24, 2.45) is 0 Å². The molecule has 0 unspecified atom stereocenters. The molecule has 21 heavy (non-hydrogen) atoms. The molecule has 0 spiro atoms. The number of rotatable bonds is 4. The van der Waals surface area contributed by atoms with E-state index in [1.54, 1.807) is 0 Å². The van der Waals surface area contributed by atoms with Gasteiger partial charge in [-0.25, -0.2) is 0 Å². The third-order valence-electron chi connectivity index (χ3n) is 3.55. The standard InChI is InChI=1S/C20H17Si/c1-17(18-11-5-2-6-12-18)21(19-13-7-3-8-14-19)20-15-9-4-10-16-20/h2-16H,1H2. The summed E-state index contributed by atoms with van der Waals surface area (Å²) >= 11 is 0. The maximum Gasteiger partial charge on any atom is 0.154 e. The Kier molecular flexibility index (Phi) is 4.13. The molecule has 0 saturated heterocycles. The molecule has 0 N–H and O–H groups in total. The summed E-state index contributed by atoms with van der Waals surface area (Å²) < 4.78 is 0. The van der Waals surface area contributed by atoms with Crippen LogP contribution < -0.4 is 10.4 Å². The molecule has 0 aliphatic carbocycles. The van der Waals surface area contributed by atoms with Crippen molar-refractivity contribution in [1.29, 1.82) is 0 Å². The van der Waals surface area contributed by atoms with Crippen LogP contribution >= 0.6 is 0 Å². The highest BCUT2D eigenvalue weighted by Crippen LogP contribution is 2.15. The zero-order chi connectivity index (χ0) is 14.5. The van der Waals surface area contributed by atoms with Gasteiger partial charge in [-0.1, -0.05) is 113 Å². The molecule has 1 heteroatoms. The largest absolute Gasteiger partial charge is 0.154 e. The fourth-order valence-electron chi connectivity index (χ4n) is 2.51. The minimum atomic E-state index is -1.02. The lowest BCUT2D eigenvalue weighted by molar-refractivity contribution is 1.64. The molecule has 0 amide bonds. The second kappa shape index (κ2) is 6.38. The predicted molar refractivity (Wildman–Crippen MR) is 93.4 cm³/mol. The minimum absolute atomic E-state index is 1.02. The first kappa shape index (κ1) is 13.6. The van der Waals surface area contributed by atoms with Gasteiger partial charge in [-0.3, -0.25) is 0 Å². The lowest BCUT2D eigenvalue weighted by Gasteiger charge is -2.19. The lowest BCUT2D eigenvalue weighted by Crippen LogP contribution is -2.43. The minimum Gasteiger partial charge on any atom is -0.0986 e. The summed E-state index contributed by atoms with van der Waals surface area (Å²) in [4.78, 5) is 0. The van der Waals surface area contributed by atoms with Gasteiger partial charge in [-0.05, 0) is 5.56 Å². The van der Waals surface area contributed by atoms with Crippen molar-refractivity contribution in [2.45, 2.75) is 0 Å². The molecule has 3 rings (SSSR count). The van der Waals surface area contributed by atoms with E-state index >= 15 is 0 Å². The maximum absolute atomic E-state index is 4.42. The van der Waals surface area contributed by atoms with Crippen LogP contribution in [0.1, 0.15) is 5.56 Å². The van der Waals surface area contributed by atoms with Gasteiger partial charge < -0.3 is 0 Å². The second-order valence-electron chi connectivity index (χ2n) is 4.95. The van der Waals surface area contributed by atoms with Crippen molar-refractivity contribution in [3.63, 3.8) is 0 Å². The van der Waals surface area contributed by atoms with Crippen molar-refractivity contribution in [2.75, 3.05) is 0 Å². The quantitative estimate of drug-likeness (QED) is 0.643. The van der Waals surface area contributed by atoms with Crippen LogP contribution in [-0.4, -0.2) is 8.80 Å². The van der Waals surface area contributed by atoms with Crippen molar-refractivity contribution in [1.82, 2.24) is 0 Å². The molecule has 0 aliphatic rings.